The molecule has 2 aromatic rings. The molecule has 0 saturated heterocycles. The molecule has 8 heteroatoms. The highest BCUT2D eigenvalue weighted by Gasteiger charge is 2.32. The fourth-order valence-electron chi connectivity index (χ4n) is 2.87. The summed E-state index contributed by atoms with van der Waals surface area (Å²) >= 11 is 1.65. The van der Waals surface area contributed by atoms with Crippen LogP contribution in [0.5, 0.6) is 0 Å². The quantitative estimate of drug-likeness (QED) is 0.828. The van der Waals surface area contributed by atoms with E-state index in [1.807, 2.05) is 17.5 Å². The fraction of sp³-hybridized carbons (Fsp3) is 0.500. The Morgan fingerprint density at radius 3 is 3.08 bits per heavy atom. The Kier molecular flexibility index (Phi) is 4.94. The molecule has 0 aromatic carbocycles. The van der Waals surface area contributed by atoms with Gasteiger partial charge in [0, 0.05) is 17.5 Å². The number of aromatic nitrogens is 3. The third kappa shape index (κ3) is 3.64. The first-order chi connectivity index (χ1) is 11.5. The summed E-state index contributed by atoms with van der Waals surface area (Å²) in [6, 6.07) is 4.04. The number of nitrogens with zero attached hydrogens (tertiary/aromatic N) is 3. The molecule has 0 bridgehead atoms. The number of carbonyl (C=O) groups excluding carboxylic acids is 2. The van der Waals surface area contributed by atoms with Gasteiger partial charge in [0.2, 0.25) is 0 Å². The van der Waals surface area contributed by atoms with Crippen molar-refractivity contribution in [2.45, 2.75) is 39.3 Å². The van der Waals surface area contributed by atoms with Gasteiger partial charge in [-0.25, -0.2) is 4.68 Å². The maximum atomic E-state index is 12.3. The van der Waals surface area contributed by atoms with E-state index in [9.17, 15) is 9.59 Å². The van der Waals surface area contributed by atoms with Gasteiger partial charge in [0.15, 0.2) is 11.4 Å². The highest BCUT2D eigenvalue weighted by Crippen LogP contribution is 2.16. The van der Waals surface area contributed by atoms with Crippen LogP contribution >= 0.6 is 11.3 Å². The zero-order valence-corrected chi connectivity index (χ0v) is 14.6. The summed E-state index contributed by atoms with van der Waals surface area (Å²) in [5.74, 6) is -0.161. The topological polar surface area (TPSA) is 88.9 Å². The van der Waals surface area contributed by atoms with Crippen LogP contribution in [0.25, 0.3) is 0 Å². The SMILES string of the molecule is CC(C)C[C@H]1Cn2nnc(C(=O)NCCc3cccs3)c2C(=O)N1. The molecule has 1 aliphatic heterocycles. The number of amides is 2. The summed E-state index contributed by atoms with van der Waals surface area (Å²) < 4.78 is 1.54. The largest absolute Gasteiger partial charge is 0.350 e. The normalized spacial score (nSPS) is 16.8. The molecule has 0 radical (unpaired) electrons. The number of nitrogens with one attached hydrogen (secondary N) is 2. The first kappa shape index (κ1) is 16.6. The van der Waals surface area contributed by atoms with Crippen LogP contribution in [0.4, 0.5) is 0 Å². The van der Waals surface area contributed by atoms with E-state index in [4.69, 9.17) is 0 Å². The van der Waals surface area contributed by atoms with Crippen LogP contribution < -0.4 is 10.6 Å². The van der Waals surface area contributed by atoms with Crippen LogP contribution in [0.3, 0.4) is 0 Å². The first-order valence-corrected chi connectivity index (χ1v) is 8.97. The Bertz CT molecular complexity index is 723. The van der Waals surface area contributed by atoms with E-state index in [0.717, 1.165) is 12.8 Å². The van der Waals surface area contributed by atoms with E-state index in [-0.39, 0.29) is 29.2 Å². The van der Waals surface area contributed by atoms with E-state index < -0.39 is 0 Å². The van der Waals surface area contributed by atoms with Crippen LogP contribution in [-0.2, 0) is 13.0 Å². The smallest absolute Gasteiger partial charge is 0.274 e. The van der Waals surface area contributed by atoms with Crippen molar-refractivity contribution < 1.29 is 9.59 Å². The van der Waals surface area contributed by atoms with Crippen molar-refractivity contribution in [3.8, 4) is 0 Å². The fourth-order valence-corrected chi connectivity index (χ4v) is 3.58. The molecular weight excluding hydrogens is 326 g/mol. The van der Waals surface area contributed by atoms with Crippen molar-refractivity contribution in [3.05, 3.63) is 33.8 Å². The second kappa shape index (κ2) is 7.12. The van der Waals surface area contributed by atoms with Gasteiger partial charge in [-0.05, 0) is 30.2 Å². The lowest BCUT2D eigenvalue weighted by Gasteiger charge is -2.25. The van der Waals surface area contributed by atoms with Gasteiger partial charge in [0.25, 0.3) is 11.8 Å². The second-order valence-electron chi connectivity index (χ2n) is 6.35. The molecule has 0 fully saturated rings. The Hall–Kier alpha value is -2.22. The molecule has 2 amide bonds. The molecule has 0 aliphatic carbocycles. The molecule has 2 N–H and O–H groups in total. The Morgan fingerprint density at radius 1 is 1.54 bits per heavy atom. The number of carbonyl (C=O) groups is 2. The van der Waals surface area contributed by atoms with Gasteiger partial charge in [-0.1, -0.05) is 25.1 Å². The number of fused-ring (bicyclic) bond motifs is 1. The van der Waals surface area contributed by atoms with E-state index in [1.54, 1.807) is 16.0 Å². The van der Waals surface area contributed by atoms with Gasteiger partial charge in [0.05, 0.1) is 6.54 Å². The van der Waals surface area contributed by atoms with E-state index in [2.05, 4.69) is 34.8 Å². The lowest BCUT2D eigenvalue weighted by molar-refractivity contribution is 0.0870. The van der Waals surface area contributed by atoms with E-state index >= 15 is 0 Å². The van der Waals surface area contributed by atoms with Crippen molar-refractivity contribution >= 4 is 23.2 Å². The van der Waals surface area contributed by atoms with E-state index in [1.165, 1.54) is 4.88 Å². The van der Waals surface area contributed by atoms with Crippen LogP contribution in [0.15, 0.2) is 17.5 Å². The summed E-state index contributed by atoms with van der Waals surface area (Å²) in [5, 5.41) is 15.7. The van der Waals surface area contributed by atoms with Crippen LogP contribution in [0, 0.1) is 5.92 Å². The molecule has 0 saturated carbocycles. The molecule has 1 atom stereocenters. The van der Waals surface area contributed by atoms with Crippen molar-refractivity contribution in [2.24, 2.45) is 5.92 Å². The van der Waals surface area contributed by atoms with Crippen molar-refractivity contribution in [1.29, 1.82) is 0 Å². The van der Waals surface area contributed by atoms with E-state index in [0.29, 0.717) is 19.0 Å². The molecule has 1 aliphatic rings. The highest BCUT2D eigenvalue weighted by molar-refractivity contribution is 7.09. The van der Waals surface area contributed by atoms with Gasteiger partial charge < -0.3 is 10.6 Å². The number of thiophene rings is 1. The molecule has 2 aromatic heterocycles. The van der Waals surface area contributed by atoms with Gasteiger partial charge in [-0.2, -0.15) is 0 Å². The van der Waals surface area contributed by atoms with Crippen molar-refractivity contribution in [2.75, 3.05) is 6.54 Å². The zero-order chi connectivity index (χ0) is 17.1. The first-order valence-electron chi connectivity index (χ1n) is 8.09. The molecule has 7 nitrogen and oxygen atoms in total. The summed E-state index contributed by atoms with van der Waals surface area (Å²) in [6.07, 6.45) is 1.63. The van der Waals surface area contributed by atoms with Gasteiger partial charge in [0.1, 0.15) is 0 Å². The highest BCUT2D eigenvalue weighted by atomic mass is 32.1. The Morgan fingerprint density at radius 2 is 2.38 bits per heavy atom. The molecule has 24 heavy (non-hydrogen) atoms. The van der Waals surface area contributed by atoms with Gasteiger partial charge in [-0.15, -0.1) is 16.4 Å². The molecule has 128 valence electrons. The summed E-state index contributed by atoms with van der Waals surface area (Å²) in [6.45, 7) is 5.27. The van der Waals surface area contributed by atoms with Crippen LogP contribution in [0.1, 0.15) is 46.1 Å². The van der Waals surface area contributed by atoms with Gasteiger partial charge >= 0.3 is 0 Å². The Labute approximate surface area is 144 Å². The second-order valence-corrected chi connectivity index (χ2v) is 7.39. The molecular formula is C16H21N5O2S. The maximum Gasteiger partial charge on any atom is 0.274 e. The van der Waals surface area contributed by atoms with Crippen LogP contribution in [-0.4, -0.2) is 39.4 Å². The number of hydrogen-bond acceptors (Lipinski definition) is 5. The maximum absolute atomic E-state index is 12.3. The number of hydrogen-bond donors (Lipinski definition) is 2. The summed E-state index contributed by atoms with van der Waals surface area (Å²) in [5.41, 5.74) is 0.352. The van der Waals surface area contributed by atoms with Crippen molar-refractivity contribution in [1.82, 2.24) is 25.6 Å². The molecule has 0 unspecified atom stereocenters. The van der Waals surface area contributed by atoms with Gasteiger partial charge in [-0.3, -0.25) is 9.59 Å². The lowest BCUT2D eigenvalue weighted by atomic mass is 10.0. The Balaban J connectivity index is 1.64. The minimum Gasteiger partial charge on any atom is -0.350 e. The predicted molar refractivity (Wildman–Crippen MR) is 91.1 cm³/mol. The molecule has 0 spiro atoms. The average Bonchev–Trinajstić information content (AvgIpc) is 3.15. The zero-order valence-electron chi connectivity index (χ0n) is 13.8. The third-order valence-electron chi connectivity index (χ3n) is 3.89. The monoisotopic (exact) mass is 347 g/mol. The minimum atomic E-state index is -0.356. The molecule has 3 heterocycles. The predicted octanol–water partition coefficient (Wildman–Crippen LogP) is 1.47. The summed E-state index contributed by atoms with van der Waals surface area (Å²) in [4.78, 5) is 25.8. The average molecular weight is 347 g/mol. The number of rotatable bonds is 6. The third-order valence-corrected chi connectivity index (χ3v) is 4.82. The van der Waals surface area contributed by atoms with Crippen LogP contribution in [0.2, 0.25) is 0 Å². The van der Waals surface area contributed by atoms with Crippen molar-refractivity contribution in [3.63, 3.8) is 0 Å². The molecule has 3 rings (SSSR count). The summed E-state index contributed by atoms with van der Waals surface area (Å²) in [7, 11) is 0. The minimum absolute atomic E-state index is 0.0291. The lowest BCUT2D eigenvalue weighted by Crippen LogP contribution is -2.46. The standard InChI is InChI=1S/C16H21N5O2S/c1-10(2)8-11-9-21-14(16(23)18-11)13(19-20-21)15(22)17-6-5-12-4-3-7-24-12/h3-4,7,10-11H,5-6,8-9H2,1-2H3,(H,17,22)(H,18,23)/t11-/m0/s1.